The Morgan fingerprint density at radius 1 is 1.54 bits per heavy atom. The third kappa shape index (κ3) is 2.67. The lowest BCUT2D eigenvalue weighted by Crippen LogP contribution is -2.36. The van der Waals surface area contributed by atoms with E-state index in [2.05, 4.69) is 30.8 Å². The van der Waals surface area contributed by atoms with Gasteiger partial charge in [-0.15, -0.1) is 0 Å². The Morgan fingerprint density at radius 3 is 2.54 bits per heavy atom. The van der Waals surface area contributed by atoms with Crippen molar-refractivity contribution in [1.29, 1.82) is 5.41 Å². The van der Waals surface area contributed by atoms with E-state index < -0.39 is 0 Å². The summed E-state index contributed by atoms with van der Waals surface area (Å²) in [5.41, 5.74) is 5.37. The molecule has 4 nitrogen and oxygen atoms in total. The largest absolute Gasteiger partial charge is 0.387 e. The first-order valence-electron chi connectivity index (χ1n) is 4.72. The van der Waals surface area contributed by atoms with E-state index in [9.17, 15) is 0 Å². The minimum Gasteiger partial charge on any atom is -0.387 e. The van der Waals surface area contributed by atoms with Crippen LogP contribution in [0.25, 0.3) is 0 Å². The number of likely N-dealkylation sites (tertiary alicyclic amines) is 1. The second kappa shape index (κ2) is 4.07. The molecule has 1 rings (SSSR count). The standard InChI is InChI=1S/C9H20N4/c1-7-4-13(6-9(10)11)5-8(7)12(2)3/h7-8H,4-6H2,1-3H3,(H3,10,11). The highest BCUT2D eigenvalue weighted by Gasteiger charge is 2.30. The monoisotopic (exact) mass is 184 g/mol. The summed E-state index contributed by atoms with van der Waals surface area (Å²) in [4.78, 5) is 4.50. The van der Waals surface area contributed by atoms with Crippen molar-refractivity contribution in [1.82, 2.24) is 9.80 Å². The van der Waals surface area contributed by atoms with Crippen molar-refractivity contribution in [3.63, 3.8) is 0 Å². The number of likely N-dealkylation sites (N-methyl/N-ethyl adjacent to an activating group) is 1. The van der Waals surface area contributed by atoms with Crippen LogP contribution in [-0.4, -0.2) is 55.4 Å². The van der Waals surface area contributed by atoms with Gasteiger partial charge in [-0.2, -0.15) is 0 Å². The molecule has 1 fully saturated rings. The van der Waals surface area contributed by atoms with Gasteiger partial charge in [0.2, 0.25) is 0 Å². The normalized spacial score (nSPS) is 29.8. The molecular weight excluding hydrogens is 164 g/mol. The second-order valence-corrected chi connectivity index (χ2v) is 4.23. The average molecular weight is 184 g/mol. The van der Waals surface area contributed by atoms with Crippen molar-refractivity contribution in [3.8, 4) is 0 Å². The van der Waals surface area contributed by atoms with Gasteiger partial charge in [0.1, 0.15) is 5.84 Å². The Morgan fingerprint density at radius 2 is 2.15 bits per heavy atom. The fourth-order valence-corrected chi connectivity index (χ4v) is 2.09. The van der Waals surface area contributed by atoms with Crippen molar-refractivity contribution in [2.75, 3.05) is 33.7 Å². The molecule has 1 aliphatic heterocycles. The minimum absolute atomic E-state index is 0.270. The summed E-state index contributed by atoms with van der Waals surface area (Å²) in [5.74, 6) is 0.945. The van der Waals surface area contributed by atoms with Crippen LogP contribution in [0, 0.1) is 11.3 Å². The molecule has 0 amide bonds. The van der Waals surface area contributed by atoms with Gasteiger partial charge in [-0.1, -0.05) is 6.92 Å². The van der Waals surface area contributed by atoms with E-state index >= 15 is 0 Å². The molecule has 2 unspecified atom stereocenters. The number of nitrogens with zero attached hydrogens (tertiary/aromatic N) is 2. The third-order valence-corrected chi connectivity index (χ3v) is 2.71. The molecule has 0 aromatic carbocycles. The van der Waals surface area contributed by atoms with Gasteiger partial charge in [0, 0.05) is 19.1 Å². The van der Waals surface area contributed by atoms with E-state index in [1.54, 1.807) is 0 Å². The lowest BCUT2D eigenvalue weighted by atomic mass is 10.1. The van der Waals surface area contributed by atoms with Gasteiger partial charge in [-0.25, -0.2) is 0 Å². The van der Waals surface area contributed by atoms with Gasteiger partial charge in [0.15, 0.2) is 0 Å². The first-order valence-corrected chi connectivity index (χ1v) is 4.72. The van der Waals surface area contributed by atoms with Gasteiger partial charge >= 0.3 is 0 Å². The van der Waals surface area contributed by atoms with Crippen molar-refractivity contribution in [2.24, 2.45) is 11.7 Å². The number of nitrogens with one attached hydrogen (secondary N) is 1. The number of nitrogens with two attached hydrogens (primary N) is 1. The topological polar surface area (TPSA) is 56.4 Å². The smallest absolute Gasteiger partial charge is 0.105 e. The van der Waals surface area contributed by atoms with Crippen LogP contribution in [0.5, 0.6) is 0 Å². The van der Waals surface area contributed by atoms with Crippen molar-refractivity contribution in [3.05, 3.63) is 0 Å². The van der Waals surface area contributed by atoms with Crippen LogP contribution in [0.2, 0.25) is 0 Å². The third-order valence-electron chi connectivity index (χ3n) is 2.71. The Labute approximate surface area is 80.2 Å². The lowest BCUT2D eigenvalue weighted by Gasteiger charge is -2.22. The van der Waals surface area contributed by atoms with Crippen LogP contribution >= 0.6 is 0 Å². The molecular formula is C9H20N4. The SMILES string of the molecule is CC1CN(CC(=N)N)CC1N(C)C. The van der Waals surface area contributed by atoms with Gasteiger partial charge in [-0.3, -0.25) is 10.3 Å². The van der Waals surface area contributed by atoms with Crippen LogP contribution < -0.4 is 5.73 Å². The molecule has 13 heavy (non-hydrogen) atoms. The highest BCUT2D eigenvalue weighted by atomic mass is 15.2. The molecule has 0 radical (unpaired) electrons. The molecule has 2 atom stereocenters. The maximum atomic E-state index is 7.22. The summed E-state index contributed by atoms with van der Waals surface area (Å²) in [7, 11) is 4.22. The molecule has 0 spiro atoms. The Hall–Kier alpha value is -0.610. The zero-order valence-electron chi connectivity index (χ0n) is 8.75. The lowest BCUT2D eigenvalue weighted by molar-refractivity contribution is 0.257. The molecule has 0 aliphatic carbocycles. The van der Waals surface area contributed by atoms with Crippen molar-refractivity contribution >= 4 is 5.84 Å². The molecule has 0 saturated carbocycles. The van der Waals surface area contributed by atoms with E-state index in [1.165, 1.54) is 0 Å². The second-order valence-electron chi connectivity index (χ2n) is 4.23. The van der Waals surface area contributed by atoms with Gasteiger partial charge in [0.25, 0.3) is 0 Å². The molecule has 1 heterocycles. The maximum absolute atomic E-state index is 7.22. The number of rotatable bonds is 3. The average Bonchev–Trinajstić information content (AvgIpc) is 2.29. The molecule has 76 valence electrons. The minimum atomic E-state index is 0.270. The molecule has 4 heteroatoms. The zero-order chi connectivity index (χ0) is 10.0. The zero-order valence-corrected chi connectivity index (χ0v) is 8.75. The fourth-order valence-electron chi connectivity index (χ4n) is 2.09. The molecule has 0 aromatic heterocycles. The summed E-state index contributed by atoms with van der Waals surface area (Å²) in [5, 5.41) is 7.22. The quantitative estimate of drug-likeness (QED) is 0.472. The fraction of sp³-hybridized carbons (Fsp3) is 0.889. The van der Waals surface area contributed by atoms with Crippen LogP contribution in [0.15, 0.2) is 0 Å². The first-order chi connectivity index (χ1) is 6.00. The Bertz CT molecular complexity index is 190. The summed E-state index contributed by atoms with van der Waals surface area (Å²) in [6, 6.07) is 0.611. The Kier molecular flexibility index (Phi) is 3.27. The number of hydrogen-bond acceptors (Lipinski definition) is 3. The van der Waals surface area contributed by atoms with E-state index in [0.717, 1.165) is 13.1 Å². The summed E-state index contributed by atoms with van der Waals surface area (Å²) in [6.07, 6.45) is 0. The predicted octanol–water partition coefficient (Wildman–Crippen LogP) is -0.196. The van der Waals surface area contributed by atoms with E-state index in [4.69, 9.17) is 11.1 Å². The van der Waals surface area contributed by atoms with Crippen LogP contribution in [0.1, 0.15) is 6.92 Å². The molecule has 1 aliphatic rings. The van der Waals surface area contributed by atoms with E-state index in [0.29, 0.717) is 18.5 Å². The molecule has 1 saturated heterocycles. The summed E-state index contributed by atoms with van der Waals surface area (Å²) < 4.78 is 0. The van der Waals surface area contributed by atoms with E-state index in [-0.39, 0.29) is 5.84 Å². The van der Waals surface area contributed by atoms with E-state index in [1.807, 2.05) is 0 Å². The summed E-state index contributed by atoms with van der Waals surface area (Å²) >= 11 is 0. The first kappa shape index (κ1) is 10.5. The predicted molar refractivity (Wildman–Crippen MR) is 55.0 cm³/mol. The van der Waals surface area contributed by atoms with Crippen LogP contribution in [0.3, 0.4) is 0 Å². The van der Waals surface area contributed by atoms with Crippen LogP contribution in [-0.2, 0) is 0 Å². The van der Waals surface area contributed by atoms with Crippen molar-refractivity contribution in [2.45, 2.75) is 13.0 Å². The summed E-state index contributed by atoms with van der Waals surface area (Å²) in [6.45, 7) is 4.97. The van der Waals surface area contributed by atoms with Crippen molar-refractivity contribution < 1.29 is 0 Å². The maximum Gasteiger partial charge on any atom is 0.105 e. The Balaban J connectivity index is 2.45. The number of amidine groups is 1. The van der Waals surface area contributed by atoms with Gasteiger partial charge < -0.3 is 10.6 Å². The molecule has 0 bridgehead atoms. The van der Waals surface area contributed by atoms with Crippen LogP contribution in [0.4, 0.5) is 0 Å². The molecule has 3 N–H and O–H groups in total. The van der Waals surface area contributed by atoms with Gasteiger partial charge in [-0.05, 0) is 20.0 Å². The number of hydrogen-bond donors (Lipinski definition) is 2. The highest BCUT2D eigenvalue weighted by molar-refractivity contribution is 5.78. The van der Waals surface area contributed by atoms with Gasteiger partial charge in [0.05, 0.1) is 6.54 Å². The molecule has 0 aromatic rings. The highest BCUT2D eigenvalue weighted by Crippen LogP contribution is 2.19.